The van der Waals surface area contributed by atoms with E-state index < -0.39 is 11.4 Å². The fraction of sp³-hybridized carbons (Fsp3) is 0.467. The first-order chi connectivity index (χ1) is 9.39. The summed E-state index contributed by atoms with van der Waals surface area (Å²) < 4.78 is 10.6. The number of nitrogens with two attached hydrogens (primary N) is 1. The maximum atomic E-state index is 11.8. The normalized spacial score (nSPS) is 10.7. The highest BCUT2D eigenvalue weighted by Crippen LogP contribution is 2.25. The number of nitriles is 1. The summed E-state index contributed by atoms with van der Waals surface area (Å²) in [5, 5.41) is 8.95. The lowest BCUT2D eigenvalue weighted by molar-refractivity contribution is 0.0521. The third-order valence-corrected chi connectivity index (χ3v) is 2.79. The van der Waals surface area contributed by atoms with Gasteiger partial charge in [0.15, 0.2) is 0 Å². The van der Waals surface area contributed by atoms with Gasteiger partial charge in [-0.1, -0.05) is 0 Å². The van der Waals surface area contributed by atoms with Gasteiger partial charge in [-0.25, -0.2) is 4.79 Å². The average Bonchev–Trinajstić information content (AvgIpc) is 2.39. The molecule has 1 rings (SSSR count). The van der Waals surface area contributed by atoms with Gasteiger partial charge >= 0.3 is 5.97 Å². The van der Waals surface area contributed by atoms with Gasteiger partial charge in [0.2, 0.25) is 0 Å². The SMILES string of the molecule is CCOC(=O)c1ccc(N)cc1OCCC(C)(C)C#N. The van der Waals surface area contributed by atoms with Crippen LogP contribution in [0.3, 0.4) is 0 Å². The monoisotopic (exact) mass is 276 g/mol. The van der Waals surface area contributed by atoms with Gasteiger partial charge in [-0.2, -0.15) is 5.26 Å². The molecule has 0 saturated heterocycles. The molecule has 0 radical (unpaired) electrons. The minimum absolute atomic E-state index is 0.296. The van der Waals surface area contributed by atoms with E-state index in [0.717, 1.165) is 0 Å². The molecule has 5 nitrogen and oxygen atoms in total. The summed E-state index contributed by atoms with van der Waals surface area (Å²) in [7, 11) is 0. The zero-order valence-corrected chi connectivity index (χ0v) is 12.1. The summed E-state index contributed by atoms with van der Waals surface area (Å²) >= 11 is 0. The lowest BCUT2D eigenvalue weighted by Crippen LogP contribution is -2.15. The average molecular weight is 276 g/mol. The van der Waals surface area contributed by atoms with Crippen LogP contribution in [0, 0.1) is 16.7 Å². The van der Waals surface area contributed by atoms with Crippen molar-refractivity contribution in [1.82, 2.24) is 0 Å². The van der Waals surface area contributed by atoms with Gasteiger partial charge in [0, 0.05) is 11.8 Å². The molecule has 1 aromatic carbocycles. The summed E-state index contributed by atoms with van der Waals surface area (Å²) in [6.07, 6.45) is 0.556. The quantitative estimate of drug-likeness (QED) is 0.637. The fourth-order valence-electron chi connectivity index (χ4n) is 1.51. The van der Waals surface area contributed by atoms with Crippen molar-refractivity contribution in [3.05, 3.63) is 23.8 Å². The Morgan fingerprint density at radius 3 is 2.75 bits per heavy atom. The number of hydrogen-bond acceptors (Lipinski definition) is 5. The third kappa shape index (κ3) is 4.47. The predicted molar refractivity (Wildman–Crippen MR) is 76.3 cm³/mol. The van der Waals surface area contributed by atoms with E-state index in [0.29, 0.717) is 36.6 Å². The lowest BCUT2D eigenvalue weighted by atomic mass is 9.92. The standard InChI is InChI=1S/C15H20N2O3/c1-4-19-14(18)12-6-5-11(17)9-13(12)20-8-7-15(2,3)10-16/h5-6,9H,4,7-8,17H2,1-3H3. The van der Waals surface area contributed by atoms with Crippen molar-refractivity contribution < 1.29 is 14.3 Å². The number of carbonyl (C=O) groups is 1. The van der Waals surface area contributed by atoms with Crippen LogP contribution in [0.2, 0.25) is 0 Å². The van der Waals surface area contributed by atoms with Crippen LogP contribution in [-0.2, 0) is 4.74 Å². The van der Waals surface area contributed by atoms with E-state index in [-0.39, 0.29) is 0 Å². The topological polar surface area (TPSA) is 85.3 Å². The molecule has 20 heavy (non-hydrogen) atoms. The maximum Gasteiger partial charge on any atom is 0.341 e. The summed E-state index contributed by atoms with van der Waals surface area (Å²) in [6.45, 7) is 6.04. The van der Waals surface area contributed by atoms with E-state index in [1.807, 2.05) is 13.8 Å². The van der Waals surface area contributed by atoms with Crippen LogP contribution in [-0.4, -0.2) is 19.2 Å². The van der Waals surface area contributed by atoms with E-state index in [2.05, 4.69) is 6.07 Å². The molecule has 0 spiro atoms. The van der Waals surface area contributed by atoms with Gasteiger partial charge in [0.1, 0.15) is 11.3 Å². The molecular formula is C15H20N2O3. The highest BCUT2D eigenvalue weighted by Gasteiger charge is 2.18. The molecule has 0 unspecified atom stereocenters. The number of rotatable bonds is 6. The number of ether oxygens (including phenoxy) is 2. The smallest absolute Gasteiger partial charge is 0.341 e. The molecule has 0 saturated carbocycles. The van der Waals surface area contributed by atoms with Crippen molar-refractivity contribution >= 4 is 11.7 Å². The van der Waals surface area contributed by atoms with Crippen molar-refractivity contribution in [2.75, 3.05) is 18.9 Å². The second-order valence-electron chi connectivity index (χ2n) is 5.07. The molecule has 0 aliphatic heterocycles. The van der Waals surface area contributed by atoms with Gasteiger partial charge in [-0.05, 0) is 39.3 Å². The second kappa shape index (κ2) is 6.80. The lowest BCUT2D eigenvalue weighted by Gasteiger charge is -2.16. The van der Waals surface area contributed by atoms with E-state index >= 15 is 0 Å². The highest BCUT2D eigenvalue weighted by molar-refractivity contribution is 5.93. The molecule has 0 aromatic heterocycles. The first-order valence-electron chi connectivity index (χ1n) is 6.50. The van der Waals surface area contributed by atoms with Crippen LogP contribution in [0.25, 0.3) is 0 Å². The molecule has 0 fully saturated rings. The van der Waals surface area contributed by atoms with E-state index in [9.17, 15) is 4.79 Å². The number of nitrogen functional groups attached to an aromatic ring is 1. The molecule has 108 valence electrons. The van der Waals surface area contributed by atoms with Crippen molar-refractivity contribution in [2.45, 2.75) is 27.2 Å². The van der Waals surface area contributed by atoms with Crippen molar-refractivity contribution in [3.63, 3.8) is 0 Å². The molecule has 0 atom stereocenters. The van der Waals surface area contributed by atoms with Crippen LogP contribution in [0.1, 0.15) is 37.6 Å². The zero-order valence-electron chi connectivity index (χ0n) is 12.1. The summed E-state index contributed by atoms with van der Waals surface area (Å²) in [5.74, 6) is -0.0563. The van der Waals surface area contributed by atoms with Crippen LogP contribution < -0.4 is 10.5 Å². The number of carbonyl (C=O) groups excluding carboxylic acids is 1. The fourth-order valence-corrected chi connectivity index (χ4v) is 1.51. The molecule has 1 aromatic rings. The first-order valence-corrected chi connectivity index (χ1v) is 6.50. The largest absolute Gasteiger partial charge is 0.493 e. The minimum Gasteiger partial charge on any atom is -0.493 e. The molecule has 0 heterocycles. The number of anilines is 1. The minimum atomic E-state index is -0.468. The van der Waals surface area contributed by atoms with Gasteiger partial charge in [0.05, 0.1) is 24.7 Å². The van der Waals surface area contributed by atoms with Gasteiger partial charge in [0.25, 0.3) is 0 Å². The Kier molecular flexibility index (Phi) is 5.39. The van der Waals surface area contributed by atoms with E-state index in [1.54, 1.807) is 25.1 Å². The molecule has 2 N–H and O–H groups in total. The van der Waals surface area contributed by atoms with E-state index in [1.165, 1.54) is 0 Å². The van der Waals surface area contributed by atoms with E-state index in [4.69, 9.17) is 20.5 Å². The molecule has 0 amide bonds. The number of hydrogen-bond donors (Lipinski definition) is 1. The molecule has 0 aliphatic rings. The molecule has 0 aliphatic carbocycles. The Bertz CT molecular complexity index is 518. The second-order valence-corrected chi connectivity index (χ2v) is 5.07. The van der Waals surface area contributed by atoms with Crippen molar-refractivity contribution in [2.24, 2.45) is 5.41 Å². The van der Waals surface area contributed by atoms with Crippen LogP contribution in [0.4, 0.5) is 5.69 Å². The van der Waals surface area contributed by atoms with Gasteiger partial charge < -0.3 is 15.2 Å². The highest BCUT2D eigenvalue weighted by atomic mass is 16.5. The Labute approximate surface area is 119 Å². The Morgan fingerprint density at radius 2 is 2.15 bits per heavy atom. The van der Waals surface area contributed by atoms with Gasteiger partial charge in [-0.3, -0.25) is 0 Å². The number of nitrogens with zero attached hydrogens (tertiary/aromatic N) is 1. The Balaban J connectivity index is 2.80. The summed E-state index contributed by atoms with van der Waals surface area (Å²) in [4.78, 5) is 11.8. The van der Waals surface area contributed by atoms with Crippen molar-refractivity contribution in [1.29, 1.82) is 5.26 Å². The van der Waals surface area contributed by atoms with Crippen LogP contribution in [0.15, 0.2) is 18.2 Å². The molecular weight excluding hydrogens is 256 g/mol. The summed E-state index contributed by atoms with van der Waals surface area (Å²) in [6, 6.07) is 6.99. The number of esters is 1. The zero-order chi connectivity index (χ0) is 15.2. The predicted octanol–water partition coefficient (Wildman–Crippen LogP) is 2.76. The third-order valence-electron chi connectivity index (χ3n) is 2.79. The Morgan fingerprint density at radius 1 is 1.45 bits per heavy atom. The van der Waals surface area contributed by atoms with Crippen molar-refractivity contribution in [3.8, 4) is 11.8 Å². The Hall–Kier alpha value is -2.22. The van der Waals surface area contributed by atoms with Crippen LogP contribution >= 0.6 is 0 Å². The number of benzene rings is 1. The molecule has 0 bridgehead atoms. The van der Waals surface area contributed by atoms with Crippen LogP contribution in [0.5, 0.6) is 5.75 Å². The maximum absolute atomic E-state index is 11.8. The van der Waals surface area contributed by atoms with Gasteiger partial charge in [-0.15, -0.1) is 0 Å². The first kappa shape index (κ1) is 15.8. The summed E-state index contributed by atoms with van der Waals surface area (Å²) in [5.41, 5.74) is 6.08. The molecule has 5 heteroatoms.